The highest BCUT2D eigenvalue weighted by molar-refractivity contribution is 7.92. The van der Waals surface area contributed by atoms with E-state index in [2.05, 4.69) is 30.6 Å². The van der Waals surface area contributed by atoms with Crippen LogP contribution in [0.25, 0.3) is 10.6 Å². The number of thiazole rings is 1. The lowest BCUT2D eigenvalue weighted by Crippen LogP contribution is -2.44. The van der Waals surface area contributed by atoms with Crippen LogP contribution in [0.3, 0.4) is 0 Å². The van der Waals surface area contributed by atoms with Gasteiger partial charge in [-0.2, -0.15) is 13.2 Å². The van der Waals surface area contributed by atoms with E-state index in [-0.39, 0.29) is 30.2 Å². The summed E-state index contributed by atoms with van der Waals surface area (Å²) >= 11 is 1.22. The van der Waals surface area contributed by atoms with Crippen molar-refractivity contribution in [3.05, 3.63) is 35.4 Å². The minimum atomic E-state index is -5.01. The summed E-state index contributed by atoms with van der Waals surface area (Å²) in [6.45, 7) is 2.53. The SMILES string of the molecule is Cc1nc(Oc2cnc(NS(=O)(=O)CC(F)(F)F)c(F)c2)c(-c2ccnc(N[C@@H]3CNC[C@@H](F)C3)n2)s1. The fourth-order valence-corrected chi connectivity index (χ4v) is 5.20. The third kappa shape index (κ3) is 7.42. The highest BCUT2D eigenvalue weighted by Gasteiger charge is 2.35. The molecule has 0 aromatic carbocycles. The molecule has 1 fully saturated rings. The number of anilines is 2. The number of nitrogens with one attached hydrogen (secondary N) is 3. The van der Waals surface area contributed by atoms with Crippen molar-refractivity contribution in [2.24, 2.45) is 0 Å². The third-order valence-corrected chi connectivity index (χ3v) is 7.04. The molecule has 0 saturated carbocycles. The molecule has 2 atom stereocenters. The number of pyridine rings is 1. The first kappa shape index (κ1) is 26.9. The fraction of sp³-hybridized carbons (Fsp3) is 0.400. The Bertz CT molecular complexity index is 1370. The number of hydrogen-bond acceptors (Lipinski definition) is 10. The molecule has 1 saturated heterocycles. The van der Waals surface area contributed by atoms with Crippen molar-refractivity contribution in [2.45, 2.75) is 31.7 Å². The standard InChI is InChI=1S/C20H20F5N7O3S2/c1-10-29-18(35-13-5-14(22)17(28-8-13)32-37(33,34)9-20(23,24)25)16(36-10)15-2-3-27-19(31-15)30-12-4-11(21)6-26-7-12/h2-3,5,8,11-12,26H,4,6-7,9H2,1H3,(H,28,32)(H,27,30,31)/t11-,12-/m0/s1. The molecule has 3 aromatic rings. The van der Waals surface area contributed by atoms with E-state index in [9.17, 15) is 30.4 Å². The van der Waals surface area contributed by atoms with Crippen molar-refractivity contribution in [1.82, 2.24) is 25.3 Å². The number of ether oxygens (including phenoxy) is 1. The molecule has 4 rings (SSSR count). The van der Waals surface area contributed by atoms with Gasteiger partial charge in [0.15, 0.2) is 23.1 Å². The van der Waals surface area contributed by atoms with Crippen molar-refractivity contribution in [1.29, 1.82) is 0 Å². The molecule has 3 N–H and O–H groups in total. The van der Waals surface area contributed by atoms with E-state index < -0.39 is 39.8 Å². The quantitative estimate of drug-likeness (QED) is 0.350. The monoisotopic (exact) mass is 565 g/mol. The molecule has 17 heteroatoms. The molecule has 0 radical (unpaired) electrons. The topological polar surface area (TPSA) is 131 Å². The number of aromatic nitrogens is 4. The lowest BCUT2D eigenvalue weighted by atomic mass is 10.1. The number of aryl methyl sites for hydroxylation is 1. The summed E-state index contributed by atoms with van der Waals surface area (Å²) < 4.78 is 95.6. The van der Waals surface area contributed by atoms with Gasteiger partial charge < -0.3 is 15.4 Å². The van der Waals surface area contributed by atoms with Crippen LogP contribution in [0.5, 0.6) is 11.6 Å². The molecule has 1 aliphatic heterocycles. The minimum absolute atomic E-state index is 0.0434. The Balaban J connectivity index is 1.51. The summed E-state index contributed by atoms with van der Waals surface area (Å²) in [7, 11) is -4.92. The van der Waals surface area contributed by atoms with Gasteiger partial charge >= 0.3 is 6.18 Å². The van der Waals surface area contributed by atoms with Crippen LogP contribution in [0.1, 0.15) is 11.4 Å². The third-order valence-electron chi connectivity index (χ3n) is 4.86. The van der Waals surface area contributed by atoms with Gasteiger partial charge in [0, 0.05) is 37.8 Å². The van der Waals surface area contributed by atoms with E-state index in [0.717, 1.165) is 12.3 Å². The second kappa shape index (κ2) is 10.7. The maximum absolute atomic E-state index is 14.4. The number of rotatable bonds is 8. The van der Waals surface area contributed by atoms with Crippen molar-refractivity contribution < 1.29 is 35.1 Å². The first-order valence-corrected chi connectivity index (χ1v) is 13.2. The zero-order chi connectivity index (χ0) is 26.8. The zero-order valence-electron chi connectivity index (χ0n) is 19.0. The summed E-state index contributed by atoms with van der Waals surface area (Å²) in [6, 6.07) is 2.14. The van der Waals surface area contributed by atoms with Crippen LogP contribution in [0.15, 0.2) is 24.5 Å². The maximum atomic E-state index is 14.4. The molecular formula is C20H20F5N7O3S2. The Labute approximate surface area is 211 Å². The number of sulfonamides is 1. The predicted octanol–water partition coefficient (Wildman–Crippen LogP) is 3.65. The molecule has 0 bridgehead atoms. The lowest BCUT2D eigenvalue weighted by Gasteiger charge is -2.26. The maximum Gasteiger partial charge on any atom is 0.404 e. The molecule has 0 amide bonds. The van der Waals surface area contributed by atoms with Gasteiger partial charge in [-0.05, 0) is 13.0 Å². The van der Waals surface area contributed by atoms with Crippen molar-refractivity contribution in [3.63, 3.8) is 0 Å². The normalized spacial score (nSPS) is 18.4. The molecule has 1 aliphatic rings. The molecule has 200 valence electrons. The number of halogens is 5. The first-order valence-electron chi connectivity index (χ1n) is 10.7. The second-order valence-corrected chi connectivity index (χ2v) is 11.0. The lowest BCUT2D eigenvalue weighted by molar-refractivity contribution is -0.106. The van der Waals surface area contributed by atoms with Gasteiger partial charge in [-0.1, -0.05) is 0 Å². The van der Waals surface area contributed by atoms with Crippen LogP contribution in [0, 0.1) is 12.7 Å². The average Bonchev–Trinajstić information content (AvgIpc) is 3.14. The van der Waals surface area contributed by atoms with E-state index in [1.165, 1.54) is 22.3 Å². The molecular weight excluding hydrogens is 545 g/mol. The van der Waals surface area contributed by atoms with Crippen LogP contribution in [-0.2, 0) is 10.0 Å². The van der Waals surface area contributed by atoms with Crippen LogP contribution in [-0.4, -0.2) is 65.6 Å². The Kier molecular flexibility index (Phi) is 7.75. The average molecular weight is 566 g/mol. The van der Waals surface area contributed by atoms with E-state index in [4.69, 9.17) is 4.74 Å². The molecule has 3 aromatic heterocycles. The smallest absolute Gasteiger partial charge is 0.404 e. The highest BCUT2D eigenvalue weighted by Crippen LogP contribution is 2.37. The molecule has 10 nitrogen and oxygen atoms in total. The molecule has 0 spiro atoms. The van der Waals surface area contributed by atoms with Gasteiger partial charge in [-0.25, -0.2) is 37.1 Å². The summed E-state index contributed by atoms with van der Waals surface area (Å²) in [5.41, 5.74) is 0.420. The van der Waals surface area contributed by atoms with Gasteiger partial charge in [0.2, 0.25) is 21.9 Å². The van der Waals surface area contributed by atoms with E-state index >= 15 is 0 Å². The van der Waals surface area contributed by atoms with Crippen molar-refractivity contribution >= 4 is 33.1 Å². The van der Waals surface area contributed by atoms with Gasteiger partial charge in [-0.3, -0.25) is 4.72 Å². The molecule has 37 heavy (non-hydrogen) atoms. The predicted molar refractivity (Wildman–Crippen MR) is 125 cm³/mol. The zero-order valence-corrected chi connectivity index (χ0v) is 20.6. The summed E-state index contributed by atoms with van der Waals surface area (Å²) in [6.07, 6.45) is -3.27. The van der Waals surface area contributed by atoms with E-state index in [1.807, 2.05) is 0 Å². The Morgan fingerprint density at radius 2 is 2.03 bits per heavy atom. The van der Waals surface area contributed by atoms with Crippen LogP contribution >= 0.6 is 11.3 Å². The van der Waals surface area contributed by atoms with Gasteiger partial charge in [0.05, 0.1) is 16.9 Å². The van der Waals surface area contributed by atoms with Crippen molar-refractivity contribution in [2.75, 3.05) is 28.9 Å². The molecule has 4 heterocycles. The van der Waals surface area contributed by atoms with Crippen molar-refractivity contribution in [3.8, 4) is 22.2 Å². The Hall–Kier alpha value is -3.18. The Morgan fingerprint density at radius 3 is 2.73 bits per heavy atom. The van der Waals surface area contributed by atoms with E-state index in [1.54, 1.807) is 13.0 Å². The van der Waals surface area contributed by atoms with Gasteiger partial charge in [-0.15, -0.1) is 11.3 Å². The van der Waals surface area contributed by atoms with Crippen LogP contribution in [0.2, 0.25) is 0 Å². The number of piperidine rings is 1. The van der Waals surface area contributed by atoms with Crippen LogP contribution < -0.4 is 20.1 Å². The van der Waals surface area contributed by atoms with Crippen LogP contribution in [0.4, 0.5) is 33.7 Å². The Morgan fingerprint density at radius 1 is 1.24 bits per heavy atom. The second-order valence-electron chi connectivity index (χ2n) is 8.04. The summed E-state index contributed by atoms with van der Waals surface area (Å²) in [5.74, 6) is -4.23. The highest BCUT2D eigenvalue weighted by atomic mass is 32.2. The summed E-state index contributed by atoms with van der Waals surface area (Å²) in [4.78, 5) is 16.9. The number of alkyl halides is 4. The minimum Gasteiger partial charge on any atom is -0.436 e. The molecule has 0 aliphatic carbocycles. The molecule has 0 unspecified atom stereocenters. The van der Waals surface area contributed by atoms with Gasteiger partial charge in [0.1, 0.15) is 11.0 Å². The van der Waals surface area contributed by atoms with Gasteiger partial charge in [0.25, 0.3) is 0 Å². The number of hydrogen-bond donors (Lipinski definition) is 3. The first-order chi connectivity index (χ1) is 17.4. The summed E-state index contributed by atoms with van der Waals surface area (Å²) in [5, 5.41) is 6.64. The largest absolute Gasteiger partial charge is 0.436 e. The van der Waals surface area contributed by atoms with E-state index in [0.29, 0.717) is 28.5 Å². The number of nitrogens with zero attached hydrogens (tertiary/aromatic N) is 4. The fourth-order valence-electron chi connectivity index (χ4n) is 3.44.